The second-order valence-corrected chi connectivity index (χ2v) is 9.66. The van der Waals surface area contributed by atoms with E-state index in [2.05, 4.69) is 21.4 Å². The van der Waals surface area contributed by atoms with Crippen LogP contribution in [0.25, 0.3) is 0 Å². The third-order valence-electron chi connectivity index (χ3n) is 7.12. The summed E-state index contributed by atoms with van der Waals surface area (Å²) in [6, 6.07) is 4.91. The molecule has 0 saturated carbocycles. The van der Waals surface area contributed by atoms with Crippen molar-refractivity contribution in [2.45, 2.75) is 38.0 Å². The van der Waals surface area contributed by atoms with E-state index in [4.69, 9.17) is 18.9 Å². The highest BCUT2D eigenvalue weighted by Crippen LogP contribution is 2.30. The van der Waals surface area contributed by atoms with Gasteiger partial charge in [0, 0.05) is 51.4 Å². The number of amides is 3. The topological polar surface area (TPSA) is 156 Å². The Morgan fingerprint density at radius 1 is 1.27 bits per heavy atom. The second-order valence-electron chi connectivity index (χ2n) is 9.66. The van der Waals surface area contributed by atoms with Gasteiger partial charge in [-0.25, -0.2) is 14.8 Å². The summed E-state index contributed by atoms with van der Waals surface area (Å²) in [6.07, 6.45) is 3.38. The van der Waals surface area contributed by atoms with Crippen LogP contribution >= 0.6 is 0 Å². The molecule has 3 aliphatic heterocycles. The van der Waals surface area contributed by atoms with Gasteiger partial charge in [-0.2, -0.15) is 5.26 Å². The van der Waals surface area contributed by atoms with Gasteiger partial charge in [-0.15, -0.1) is 0 Å². The maximum absolute atomic E-state index is 13.4. The van der Waals surface area contributed by atoms with Gasteiger partial charge in [0.25, 0.3) is 0 Å². The van der Waals surface area contributed by atoms with Gasteiger partial charge in [-0.3, -0.25) is 19.8 Å². The molecule has 2 saturated heterocycles. The summed E-state index contributed by atoms with van der Waals surface area (Å²) < 4.78 is 22.2. The summed E-state index contributed by atoms with van der Waals surface area (Å²) in [4.78, 5) is 49.3. The number of aryl methyl sites for hydroxylation is 1. The predicted molar refractivity (Wildman–Crippen MR) is 140 cm³/mol. The van der Waals surface area contributed by atoms with E-state index in [-0.39, 0.29) is 48.0 Å². The SMILES string of the molecule is COC1CCOC[C@@H]1Oc1cc(NC(=O)N2CCCc3cc(CN4CCOCC4=O)c(C=O)nc32)ncc1C#N. The standard InChI is InChI=1S/C27H30N6O7/c1-37-21-4-7-38-15-23(21)40-22-10-24(29-12-19(22)11-28)31-27(36)33-5-2-3-17-9-18(20(14-34)30-26(17)33)13-32-6-8-39-16-25(32)35/h9-10,12,14,21,23H,2-8,13,15-16H2,1H3,(H,29,31,36)/t21?,23-/m0/s1. The number of carbonyl (C=O) groups is 3. The van der Waals surface area contributed by atoms with Crippen LogP contribution in [0.1, 0.15) is 40.0 Å². The van der Waals surface area contributed by atoms with Crippen molar-refractivity contribution in [2.24, 2.45) is 0 Å². The van der Waals surface area contributed by atoms with E-state index in [1.54, 1.807) is 12.0 Å². The van der Waals surface area contributed by atoms with Gasteiger partial charge >= 0.3 is 6.03 Å². The molecule has 0 bridgehead atoms. The minimum Gasteiger partial charge on any atom is -0.484 e. The molecule has 2 atom stereocenters. The maximum Gasteiger partial charge on any atom is 0.328 e. The van der Waals surface area contributed by atoms with Gasteiger partial charge < -0.3 is 23.8 Å². The number of pyridine rings is 2. The lowest BCUT2D eigenvalue weighted by Crippen LogP contribution is -2.42. The normalized spacial score (nSPS) is 20.9. The molecule has 40 heavy (non-hydrogen) atoms. The minimum atomic E-state index is -0.486. The smallest absolute Gasteiger partial charge is 0.328 e. The molecule has 5 rings (SSSR count). The van der Waals surface area contributed by atoms with Crippen molar-refractivity contribution >= 4 is 29.9 Å². The Bertz CT molecular complexity index is 1330. The molecule has 1 unspecified atom stereocenters. The lowest BCUT2D eigenvalue weighted by molar-refractivity contribution is -0.143. The molecule has 13 nitrogen and oxygen atoms in total. The fourth-order valence-corrected chi connectivity index (χ4v) is 5.01. The molecule has 1 N–H and O–H groups in total. The van der Waals surface area contributed by atoms with Crippen molar-refractivity contribution in [1.82, 2.24) is 14.9 Å². The first-order valence-electron chi connectivity index (χ1n) is 13.1. The number of ether oxygens (including phenoxy) is 4. The summed E-state index contributed by atoms with van der Waals surface area (Å²) in [5.41, 5.74) is 1.82. The van der Waals surface area contributed by atoms with Crippen LogP contribution in [0.2, 0.25) is 0 Å². The van der Waals surface area contributed by atoms with Gasteiger partial charge in [0.15, 0.2) is 6.29 Å². The Hall–Kier alpha value is -4.12. The van der Waals surface area contributed by atoms with E-state index < -0.39 is 12.1 Å². The molecule has 0 spiro atoms. The first kappa shape index (κ1) is 27.4. The lowest BCUT2D eigenvalue weighted by Gasteiger charge is -2.31. The van der Waals surface area contributed by atoms with Crippen LogP contribution in [0.15, 0.2) is 18.3 Å². The van der Waals surface area contributed by atoms with Gasteiger partial charge in [-0.1, -0.05) is 0 Å². The summed E-state index contributed by atoms with van der Waals surface area (Å²) in [5.74, 6) is 0.687. The number of nitriles is 1. The number of morpholine rings is 1. The number of fused-ring (bicyclic) bond motifs is 1. The number of methoxy groups -OCH3 is 1. The molecule has 0 aliphatic carbocycles. The van der Waals surface area contributed by atoms with Crippen LogP contribution in [0.3, 0.4) is 0 Å². The Kier molecular flexibility index (Phi) is 8.49. The molecule has 2 aromatic heterocycles. The van der Waals surface area contributed by atoms with E-state index in [9.17, 15) is 19.6 Å². The summed E-state index contributed by atoms with van der Waals surface area (Å²) in [7, 11) is 1.60. The summed E-state index contributed by atoms with van der Waals surface area (Å²) in [6.45, 7) is 2.39. The zero-order chi connectivity index (χ0) is 28.1. The van der Waals surface area contributed by atoms with Crippen molar-refractivity contribution < 1.29 is 33.3 Å². The molecular formula is C27H30N6O7. The van der Waals surface area contributed by atoms with Crippen LogP contribution < -0.4 is 15.0 Å². The van der Waals surface area contributed by atoms with Crippen LogP contribution in [0, 0.1) is 11.3 Å². The van der Waals surface area contributed by atoms with Gasteiger partial charge in [0.2, 0.25) is 5.91 Å². The van der Waals surface area contributed by atoms with Gasteiger partial charge in [0.1, 0.15) is 47.4 Å². The number of nitrogens with one attached hydrogen (secondary N) is 1. The van der Waals surface area contributed by atoms with Crippen molar-refractivity contribution in [2.75, 3.05) is 56.8 Å². The number of hydrogen-bond donors (Lipinski definition) is 1. The molecular weight excluding hydrogens is 520 g/mol. The number of rotatable bonds is 7. The Balaban J connectivity index is 1.34. The third kappa shape index (κ3) is 5.89. The van der Waals surface area contributed by atoms with Gasteiger partial charge in [-0.05, 0) is 24.5 Å². The van der Waals surface area contributed by atoms with Crippen molar-refractivity contribution in [3.05, 3.63) is 40.7 Å². The van der Waals surface area contributed by atoms with Crippen LogP contribution in [0.5, 0.6) is 5.75 Å². The number of anilines is 2. The average Bonchev–Trinajstić information content (AvgIpc) is 2.98. The molecule has 3 aliphatic rings. The second kappa shape index (κ2) is 12.4. The largest absolute Gasteiger partial charge is 0.484 e. The fourth-order valence-electron chi connectivity index (χ4n) is 5.01. The van der Waals surface area contributed by atoms with E-state index in [1.165, 1.54) is 17.2 Å². The number of aromatic nitrogens is 2. The lowest BCUT2D eigenvalue weighted by atomic mass is 10.0. The van der Waals surface area contributed by atoms with Crippen LogP contribution in [-0.4, -0.2) is 91.9 Å². The molecule has 2 fully saturated rings. The number of carbonyl (C=O) groups excluding carboxylic acids is 3. The Labute approximate surface area is 231 Å². The number of nitrogens with zero attached hydrogens (tertiary/aromatic N) is 5. The first-order valence-corrected chi connectivity index (χ1v) is 13.1. The van der Waals surface area contributed by atoms with Gasteiger partial charge in [0.05, 0.1) is 25.5 Å². The molecule has 3 amide bonds. The molecule has 5 heterocycles. The first-order chi connectivity index (χ1) is 19.5. The highest BCUT2D eigenvalue weighted by Gasteiger charge is 2.30. The maximum atomic E-state index is 13.4. The Morgan fingerprint density at radius 2 is 2.15 bits per heavy atom. The van der Waals surface area contributed by atoms with E-state index in [0.29, 0.717) is 69.8 Å². The zero-order valence-electron chi connectivity index (χ0n) is 22.1. The molecule has 0 radical (unpaired) electrons. The minimum absolute atomic E-state index is 0.0142. The third-order valence-corrected chi connectivity index (χ3v) is 7.12. The van der Waals surface area contributed by atoms with Crippen molar-refractivity contribution in [3.63, 3.8) is 0 Å². The fraction of sp³-hybridized carbons (Fsp3) is 0.481. The van der Waals surface area contributed by atoms with E-state index >= 15 is 0 Å². The molecule has 13 heteroatoms. The van der Waals surface area contributed by atoms with Crippen LogP contribution in [0.4, 0.5) is 16.4 Å². The quantitative estimate of drug-likeness (QED) is 0.503. The summed E-state index contributed by atoms with van der Waals surface area (Å²) >= 11 is 0. The molecule has 2 aromatic rings. The van der Waals surface area contributed by atoms with E-state index in [0.717, 1.165) is 5.56 Å². The monoisotopic (exact) mass is 550 g/mol. The number of hydrogen-bond acceptors (Lipinski definition) is 10. The predicted octanol–water partition coefficient (Wildman–Crippen LogP) is 1.69. The van der Waals surface area contributed by atoms with E-state index in [1.807, 2.05) is 6.07 Å². The highest BCUT2D eigenvalue weighted by atomic mass is 16.6. The number of urea groups is 1. The highest BCUT2D eigenvalue weighted by molar-refractivity contribution is 6.01. The average molecular weight is 551 g/mol. The summed E-state index contributed by atoms with van der Waals surface area (Å²) in [5, 5.41) is 12.3. The van der Waals surface area contributed by atoms with Crippen molar-refractivity contribution in [3.8, 4) is 11.8 Å². The molecule has 210 valence electrons. The number of aldehydes is 1. The Morgan fingerprint density at radius 3 is 2.92 bits per heavy atom. The molecule has 0 aromatic carbocycles. The van der Waals surface area contributed by atoms with Crippen molar-refractivity contribution in [1.29, 1.82) is 5.26 Å². The van der Waals surface area contributed by atoms with Crippen LogP contribution in [-0.2, 0) is 32.0 Å². The zero-order valence-corrected chi connectivity index (χ0v) is 22.1.